The molecule has 17 heavy (non-hydrogen) atoms. The Balaban J connectivity index is 2.40. The number of carbonyl (C=O) groups excluding carboxylic acids is 1. The molecule has 1 rings (SSSR count). The third kappa shape index (κ3) is 4.33. The van der Waals surface area contributed by atoms with E-state index in [9.17, 15) is 4.79 Å². The predicted octanol–water partition coefficient (Wildman–Crippen LogP) is 0.172. The Labute approximate surface area is 103 Å². The molecule has 0 spiro atoms. The summed E-state index contributed by atoms with van der Waals surface area (Å²) in [4.78, 5) is 15.7. The van der Waals surface area contributed by atoms with Crippen LogP contribution in [-0.2, 0) is 4.79 Å². The number of piperidine rings is 1. The highest BCUT2D eigenvalue weighted by Crippen LogP contribution is 2.15. The van der Waals surface area contributed by atoms with Gasteiger partial charge in [0.2, 0.25) is 5.91 Å². The fraction of sp³-hybridized carbons (Fsp3) is 0.833. The normalized spacial score (nSPS) is 20.9. The Kier molecular flexibility index (Phi) is 5.95. The minimum absolute atomic E-state index is 0.0839. The fourth-order valence-electron chi connectivity index (χ4n) is 2.17. The highest BCUT2D eigenvalue weighted by atomic mass is 16.2. The molecule has 1 aliphatic rings. The molecule has 1 fully saturated rings. The number of carbonyl (C=O) groups is 1. The number of hydrogen-bond donors (Lipinski definition) is 1. The van der Waals surface area contributed by atoms with Gasteiger partial charge < -0.3 is 10.6 Å². The van der Waals surface area contributed by atoms with Gasteiger partial charge in [-0.15, -0.1) is 0 Å². The zero-order valence-corrected chi connectivity index (χ0v) is 10.6. The Morgan fingerprint density at radius 2 is 2.35 bits per heavy atom. The first kappa shape index (κ1) is 13.9. The van der Waals surface area contributed by atoms with Crippen LogP contribution in [0.2, 0.25) is 0 Å². The van der Waals surface area contributed by atoms with Crippen LogP contribution in [0.15, 0.2) is 0 Å². The zero-order valence-electron chi connectivity index (χ0n) is 10.6. The number of likely N-dealkylation sites (N-methyl/N-ethyl adjacent to an activating group) is 1. The molecule has 0 bridgehead atoms. The second kappa shape index (κ2) is 7.25. The summed E-state index contributed by atoms with van der Waals surface area (Å²) in [7, 11) is 1.75. The molecule has 0 aliphatic carbocycles. The summed E-state index contributed by atoms with van der Waals surface area (Å²) in [5.41, 5.74) is 5.72. The third-order valence-corrected chi connectivity index (χ3v) is 3.34. The first-order chi connectivity index (χ1) is 8.19. The molecule has 0 aromatic heterocycles. The monoisotopic (exact) mass is 238 g/mol. The average molecular weight is 238 g/mol. The van der Waals surface area contributed by atoms with Crippen molar-refractivity contribution in [2.24, 2.45) is 5.73 Å². The van der Waals surface area contributed by atoms with Gasteiger partial charge in [0.15, 0.2) is 0 Å². The predicted molar refractivity (Wildman–Crippen MR) is 66.1 cm³/mol. The van der Waals surface area contributed by atoms with Crippen molar-refractivity contribution in [2.75, 3.05) is 33.2 Å². The molecule has 5 heteroatoms. The number of nitriles is 1. The summed E-state index contributed by atoms with van der Waals surface area (Å²) >= 11 is 0. The van der Waals surface area contributed by atoms with Crippen LogP contribution in [0.4, 0.5) is 0 Å². The topological polar surface area (TPSA) is 73.4 Å². The zero-order chi connectivity index (χ0) is 12.7. The van der Waals surface area contributed by atoms with Gasteiger partial charge in [-0.2, -0.15) is 5.26 Å². The molecule has 0 aromatic carbocycles. The fourth-order valence-corrected chi connectivity index (χ4v) is 2.17. The molecule has 0 radical (unpaired) electrons. The summed E-state index contributed by atoms with van der Waals surface area (Å²) in [6.07, 6.45) is 3.83. The maximum absolute atomic E-state index is 11.9. The SMILES string of the molecule is CN(CCC#N)C(=O)CN1CCCCC1CN. The average Bonchev–Trinajstić information content (AvgIpc) is 2.36. The molecule has 1 unspecified atom stereocenters. The van der Waals surface area contributed by atoms with E-state index in [1.165, 1.54) is 6.42 Å². The molecular weight excluding hydrogens is 216 g/mol. The molecule has 2 N–H and O–H groups in total. The van der Waals surface area contributed by atoms with Crippen LogP contribution >= 0.6 is 0 Å². The summed E-state index contributed by atoms with van der Waals surface area (Å²) in [5, 5.41) is 8.48. The number of amides is 1. The Morgan fingerprint density at radius 3 is 3.00 bits per heavy atom. The minimum atomic E-state index is 0.0839. The smallest absolute Gasteiger partial charge is 0.236 e. The largest absolute Gasteiger partial charge is 0.344 e. The molecule has 96 valence electrons. The van der Waals surface area contributed by atoms with E-state index in [2.05, 4.69) is 4.90 Å². The van der Waals surface area contributed by atoms with Crippen LogP contribution in [0.5, 0.6) is 0 Å². The van der Waals surface area contributed by atoms with E-state index < -0.39 is 0 Å². The molecule has 1 atom stereocenters. The van der Waals surface area contributed by atoms with Gasteiger partial charge in [-0.1, -0.05) is 6.42 Å². The maximum Gasteiger partial charge on any atom is 0.236 e. The standard InChI is InChI=1S/C12H22N4O/c1-15(7-4-6-13)12(17)10-16-8-3-2-5-11(16)9-14/h11H,2-5,7-10,14H2,1H3. The van der Waals surface area contributed by atoms with E-state index in [-0.39, 0.29) is 5.91 Å². The number of rotatable bonds is 5. The van der Waals surface area contributed by atoms with E-state index in [4.69, 9.17) is 11.0 Å². The van der Waals surface area contributed by atoms with E-state index >= 15 is 0 Å². The maximum atomic E-state index is 11.9. The molecule has 5 nitrogen and oxygen atoms in total. The first-order valence-corrected chi connectivity index (χ1v) is 6.24. The van der Waals surface area contributed by atoms with Gasteiger partial charge in [-0.05, 0) is 19.4 Å². The lowest BCUT2D eigenvalue weighted by atomic mass is 10.0. The van der Waals surface area contributed by atoms with Crippen molar-refractivity contribution in [2.45, 2.75) is 31.7 Å². The lowest BCUT2D eigenvalue weighted by Gasteiger charge is -2.35. The van der Waals surface area contributed by atoms with Crippen molar-refractivity contribution < 1.29 is 4.79 Å². The minimum Gasteiger partial charge on any atom is -0.344 e. The van der Waals surface area contributed by atoms with E-state index in [0.717, 1.165) is 19.4 Å². The van der Waals surface area contributed by atoms with Gasteiger partial charge >= 0.3 is 0 Å². The molecule has 0 aromatic rings. The van der Waals surface area contributed by atoms with Crippen LogP contribution in [-0.4, -0.2) is 55.0 Å². The van der Waals surface area contributed by atoms with E-state index in [1.807, 2.05) is 6.07 Å². The summed E-state index contributed by atoms with van der Waals surface area (Å²) < 4.78 is 0. The van der Waals surface area contributed by atoms with Gasteiger partial charge in [0.05, 0.1) is 19.0 Å². The molecule has 0 saturated carbocycles. The lowest BCUT2D eigenvalue weighted by molar-refractivity contribution is -0.131. The van der Waals surface area contributed by atoms with Crippen molar-refractivity contribution in [3.63, 3.8) is 0 Å². The Bertz CT molecular complexity index is 287. The Morgan fingerprint density at radius 1 is 1.59 bits per heavy atom. The van der Waals surface area contributed by atoms with Gasteiger partial charge in [-0.25, -0.2) is 0 Å². The molecule has 1 aliphatic heterocycles. The summed E-state index contributed by atoms with van der Waals surface area (Å²) in [6, 6.07) is 2.39. The number of nitrogens with zero attached hydrogens (tertiary/aromatic N) is 3. The number of nitrogens with two attached hydrogens (primary N) is 1. The summed E-state index contributed by atoms with van der Waals surface area (Å²) in [5.74, 6) is 0.0839. The van der Waals surface area contributed by atoms with Gasteiger partial charge in [-0.3, -0.25) is 9.69 Å². The summed E-state index contributed by atoms with van der Waals surface area (Å²) in [6.45, 7) is 2.52. The van der Waals surface area contributed by atoms with Crippen molar-refractivity contribution in [1.82, 2.24) is 9.80 Å². The quantitative estimate of drug-likeness (QED) is 0.741. The second-order valence-corrected chi connectivity index (χ2v) is 4.58. The molecule has 1 heterocycles. The second-order valence-electron chi connectivity index (χ2n) is 4.58. The van der Waals surface area contributed by atoms with Crippen LogP contribution in [0.3, 0.4) is 0 Å². The first-order valence-electron chi connectivity index (χ1n) is 6.24. The van der Waals surface area contributed by atoms with Crippen molar-refractivity contribution in [1.29, 1.82) is 5.26 Å². The number of likely N-dealkylation sites (tertiary alicyclic amines) is 1. The lowest BCUT2D eigenvalue weighted by Crippen LogP contribution is -2.48. The highest BCUT2D eigenvalue weighted by molar-refractivity contribution is 5.78. The van der Waals surface area contributed by atoms with E-state index in [0.29, 0.717) is 32.1 Å². The molecule has 1 amide bonds. The van der Waals surface area contributed by atoms with Crippen LogP contribution in [0.1, 0.15) is 25.7 Å². The van der Waals surface area contributed by atoms with Gasteiger partial charge in [0.1, 0.15) is 0 Å². The van der Waals surface area contributed by atoms with Crippen LogP contribution in [0.25, 0.3) is 0 Å². The molecular formula is C12H22N4O. The third-order valence-electron chi connectivity index (χ3n) is 3.34. The Hall–Kier alpha value is -1.12. The number of hydrogen-bond acceptors (Lipinski definition) is 4. The van der Waals surface area contributed by atoms with Crippen molar-refractivity contribution in [3.05, 3.63) is 0 Å². The molecule has 1 saturated heterocycles. The van der Waals surface area contributed by atoms with E-state index in [1.54, 1.807) is 11.9 Å². The van der Waals surface area contributed by atoms with Crippen LogP contribution in [0, 0.1) is 11.3 Å². The van der Waals surface area contributed by atoms with Gasteiger partial charge in [0.25, 0.3) is 0 Å². The van der Waals surface area contributed by atoms with Gasteiger partial charge in [0, 0.05) is 26.2 Å². The van der Waals surface area contributed by atoms with Crippen LogP contribution < -0.4 is 5.73 Å². The van der Waals surface area contributed by atoms with Crippen molar-refractivity contribution >= 4 is 5.91 Å². The highest BCUT2D eigenvalue weighted by Gasteiger charge is 2.23. The van der Waals surface area contributed by atoms with Crippen molar-refractivity contribution in [3.8, 4) is 6.07 Å².